The lowest BCUT2D eigenvalue weighted by molar-refractivity contribution is -0.138. The third-order valence-electron chi connectivity index (χ3n) is 4.41. The number of nitrogens with zero attached hydrogens (tertiary/aromatic N) is 1. The molecule has 3 aromatic rings. The van der Waals surface area contributed by atoms with Crippen molar-refractivity contribution < 1.29 is 37.3 Å². The number of halogens is 5. The Morgan fingerprint density at radius 2 is 1.79 bits per heavy atom. The van der Waals surface area contributed by atoms with Gasteiger partial charge in [-0.2, -0.15) is 13.2 Å². The van der Waals surface area contributed by atoms with Crippen molar-refractivity contribution in [3.05, 3.63) is 87.7 Å². The Balaban J connectivity index is 1.78. The van der Waals surface area contributed by atoms with E-state index in [1.165, 1.54) is 19.2 Å². The number of benzene rings is 2. The van der Waals surface area contributed by atoms with Crippen molar-refractivity contribution in [3.63, 3.8) is 0 Å². The summed E-state index contributed by atoms with van der Waals surface area (Å²) >= 11 is 12.5. The lowest BCUT2D eigenvalue weighted by Crippen LogP contribution is -2.06. The molecule has 178 valence electrons. The fourth-order valence-electron chi connectivity index (χ4n) is 2.85. The molecule has 0 saturated heterocycles. The molecule has 3 rings (SSSR count). The molecule has 0 aliphatic heterocycles. The number of alkyl halides is 3. The van der Waals surface area contributed by atoms with E-state index in [4.69, 9.17) is 37.4 Å². The number of hydrogen-bond donors (Lipinski definition) is 1. The molecule has 0 radical (unpaired) electrons. The van der Waals surface area contributed by atoms with Crippen molar-refractivity contribution in [2.75, 3.05) is 7.11 Å². The van der Waals surface area contributed by atoms with Crippen LogP contribution in [0.3, 0.4) is 0 Å². The minimum atomic E-state index is -4.52. The number of carbonyl (C=O) groups is 1. The van der Waals surface area contributed by atoms with Gasteiger partial charge < -0.3 is 19.3 Å². The molecule has 1 aromatic heterocycles. The summed E-state index contributed by atoms with van der Waals surface area (Å²) in [6.45, 7) is -0.0160. The summed E-state index contributed by atoms with van der Waals surface area (Å²) in [5.41, 5.74) is -0.00451. The van der Waals surface area contributed by atoms with Crippen LogP contribution in [0.5, 0.6) is 17.4 Å². The maximum Gasteiger partial charge on any atom is 0.417 e. The van der Waals surface area contributed by atoms with E-state index in [0.29, 0.717) is 17.3 Å². The first-order chi connectivity index (χ1) is 16.1. The standard InChI is InChI=1S/C23H16Cl2F3NO5/c1-32-12-17(22(30)31)16-5-3-2-4-13(16)11-33-15-8-18(24)21(19(25)9-15)34-20-7-6-14(10-29-20)23(26,27)28/h2-10,12H,11H2,1H3,(H,30,31). The van der Waals surface area contributed by atoms with E-state index in [9.17, 15) is 23.1 Å². The van der Waals surface area contributed by atoms with E-state index < -0.39 is 17.7 Å². The minimum absolute atomic E-state index is 0.0143. The molecule has 6 nitrogen and oxygen atoms in total. The third kappa shape index (κ3) is 6.12. The summed E-state index contributed by atoms with van der Waals surface area (Å²) in [6.07, 6.45) is -2.77. The molecule has 0 bridgehead atoms. The number of pyridine rings is 1. The highest BCUT2D eigenvalue weighted by molar-refractivity contribution is 6.37. The van der Waals surface area contributed by atoms with Crippen LogP contribution in [0, 0.1) is 0 Å². The Kier molecular flexibility index (Phi) is 7.90. The Bertz CT molecular complexity index is 1190. The van der Waals surface area contributed by atoms with Gasteiger partial charge in [0.2, 0.25) is 5.88 Å². The number of ether oxygens (including phenoxy) is 3. The van der Waals surface area contributed by atoms with E-state index in [1.807, 2.05) is 0 Å². The number of aromatic nitrogens is 1. The quantitative estimate of drug-likeness (QED) is 0.262. The van der Waals surface area contributed by atoms with Crippen molar-refractivity contribution in [1.29, 1.82) is 0 Å². The van der Waals surface area contributed by atoms with Crippen LogP contribution in [0.1, 0.15) is 16.7 Å². The fourth-order valence-corrected chi connectivity index (χ4v) is 3.39. The van der Waals surface area contributed by atoms with Crippen molar-refractivity contribution in [2.24, 2.45) is 0 Å². The average molecular weight is 514 g/mol. The average Bonchev–Trinajstić information content (AvgIpc) is 2.78. The Hall–Kier alpha value is -3.43. The van der Waals surface area contributed by atoms with Crippen LogP contribution in [0.2, 0.25) is 10.0 Å². The number of hydrogen-bond acceptors (Lipinski definition) is 5. The molecule has 0 atom stereocenters. The van der Waals surface area contributed by atoms with Crippen LogP contribution in [0.25, 0.3) is 5.57 Å². The summed E-state index contributed by atoms with van der Waals surface area (Å²) in [5.74, 6) is -1.06. The van der Waals surface area contributed by atoms with Gasteiger partial charge >= 0.3 is 12.1 Å². The van der Waals surface area contributed by atoms with Crippen molar-refractivity contribution in [1.82, 2.24) is 4.98 Å². The first-order valence-electron chi connectivity index (χ1n) is 9.47. The zero-order chi connectivity index (χ0) is 24.9. The Morgan fingerprint density at radius 3 is 2.35 bits per heavy atom. The maximum atomic E-state index is 12.7. The minimum Gasteiger partial charge on any atom is -0.503 e. The second kappa shape index (κ2) is 10.7. The van der Waals surface area contributed by atoms with Gasteiger partial charge in [0.1, 0.15) is 17.9 Å². The lowest BCUT2D eigenvalue weighted by Gasteiger charge is -2.14. The van der Waals surface area contributed by atoms with E-state index >= 15 is 0 Å². The van der Waals surface area contributed by atoms with Crippen molar-refractivity contribution >= 4 is 34.7 Å². The first-order valence-corrected chi connectivity index (χ1v) is 10.2. The van der Waals surface area contributed by atoms with E-state index in [2.05, 4.69) is 4.98 Å². The van der Waals surface area contributed by atoms with Crippen molar-refractivity contribution in [2.45, 2.75) is 12.8 Å². The third-order valence-corrected chi connectivity index (χ3v) is 4.97. The summed E-state index contributed by atoms with van der Waals surface area (Å²) in [7, 11) is 1.34. The monoisotopic (exact) mass is 513 g/mol. The molecule has 0 saturated carbocycles. The molecular weight excluding hydrogens is 498 g/mol. The van der Waals surface area contributed by atoms with Crippen LogP contribution in [-0.2, 0) is 22.3 Å². The molecule has 0 fully saturated rings. The van der Waals surface area contributed by atoms with Crippen LogP contribution in [-0.4, -0.2) is 23.2 Å². The van der Waals surface area contributed by atoms with Crippen LogP contribution >= 0.6 is 23.2 Å². The normalized spacial score (nSPS) is 11.8. The molecule has 34 heavy (non-hydrogen) atoms. The highest BCUT2D eigenvalue weighted by atomic mass is 35.5. The molecule has 2 aromatic carbocycles. The highest BCUT2D eigenvalue weighted by Crippen LogP contribution is 2.40. The SMILES string of the molecule is COC=C(C(=O)O)c1ccccc1COc1cc(Cl)c(Oc2ccc(C(F)(F)F)cn2)c(Cl)c1. The zero-order valence-electron chi connectivity index (χ0n) is 17.4. The molecule has 0 aliphatic carbocycles. The Labute approximate surface area is 202 Å². The van der Waals surface area contributed by atoms with Gasteiger partial charge in [-0.25, -0.2) is 9.78 Å². The largest absolute Gasteiger partial charge is 0.503 e. The number of methoxy groups -OCH3 is 1. The molecule has 0 unspecified atom stereocenters. The number of carboxylic acids is 1. The van der Waals surface area contributed by atoms with Gasteiger partial charge in [-0.15, -0.1) is 0 Å². The van der Waals surface area contributed by atoms with E-state index in [-0.39, 0.29) is 39.6 Å². The summed E-state index contributed by atoms with van der Waals surface area (Å²) in [5, 5.41) is 9.51. The van der Waals surface area contributed by atoms with Gasteiger partial charge in [-0.05, 0) is 17.2 Å². The molecule has 0 spiro atoms. The highest BCUT2D eigenvalue weighted by Gasteiger charge is 2.30. The maximum absolute atomic E-state index is 12.7. The number of carboxylic acid groups (broad SMARTS) is 1. The molecule has 1 heterocycles. The molecular formula is C23H16Cl2F3NO5. The summed E-state index contributed by atoms with van der Waals surface area (Å²) in [4.78, 5) is 15.2. The first kappa shape index (κ1) is 25.2. The topological polar surface area (TPSA) is 77.9 Å². The zero-order valence-corrected chi connectivity index (χ0v) is 18.9. The number of rotatable bonds is 8. The van der Waals surface area contributed by atoms with Gasteiger partial charge in [0.05, 0.1) is 29.0 Å². The predicted molar refractivity (Wildman–Crippen MR) is 119 cm³/mol. The smallest absolute Gasteiger partial charge is 0.417 e. The second-order valence-electron chi connectivity index (χ2n) is 6.72. The van der Waals surface area contributed by atoms with Gasteiger partial charge in [-0.1, -0.05) is 47.5 Å². The molecule has 0 amide bonds. The van der Waals surface area contributed by atoms with Gasteiger partial charge in [0.25, 0.3) is 0 Å². The lowest BCUT2D eigenvalue weighted by atomic mass is 10.0. The van der Waals surface area contributed by atoms with Gasteiger partial charge in [0, 0.05) is 24.4 Å². The predicted octanol–water partition coefficient (Wildman–Crippen LogP) is 6.85. The molecule has 1 N–H and O–H groups in total. The second-order valence-corrected chi connectivity index (χ2v) is 7.53. The molecule has 0 aliphatic rings. The number of aliphatic carboxylic acids is 1. The Morgan fingerprint density at radius 1 is 1.12 bits per heavy atom. The van der Waals surface area contributed by atoms with Gasteiger partial charge in [0.15, 0.2) is 5.75 Å². The van der Waals surface area contributed by atoms with Crippen LogP contribution < -0.4 is 9.47 Å². The van der Waals surface area contributed by atoms with E-state index in [0.717, 1.165) is 18.4 Å². The van der Waals surface area contributed by atoms with Crippen LogP contribution in [0.15, 0.2) is 61.0 Å². The van der Waals surface area contributed by atoms with Gasteiger partial charge in [-0.3, -0.25) is 0 Å². The van der Waals surface area contributed by atoms with Crippen LogP contribution in [0.4, 0.5) is 13.2 Å². The van der Waals surface area contributed by atoms with E-state index in [1.54, 1.807) is 24.3 Å². The summed E-state index contributed by atoms with van der Waals surface area (Å²) in [6, 6.07) is 11.4. The fraction of sp³-hybridized carbons (Fsp3) is 0.130. The van der Waals surface area contributed by atoms with Crippen molar-refractivity contribution in [3.8, 4) is 17.4 Å². The molecule has 11 heteroatoms. The summed E-state index contributed by atoms with van der Waals surface area (Å²) < 4.78 is 54.1.